The van der Waals surface area contributed by atoms with E-state index in [9.17, 15) is 9.59 Å². The van der Waals surface area contributed by atoms with Gasteiger partial charge in [0.15, 0.2) is 23.0 Å². The van der Waals surface area contributed by atoms with Crippen LogP contribution in [0.1, 0.15) is 47.2 Å². The normalized spacial score (nSPS) is 11.0. The first kappa shape index (κ1) is 31.6. The van der Waals surface area contributed by atoms with Gasteiger partial charge in [-0.25, -0.2) is 10.2 Å². The number of carbonyl (C=O) groups is 2. The molecule has 1 aromatic heterocycles. The summed E-state index contributed by atoms with van der Waals surface area (Å²) in [5.74, 6) is 1.20. The molecular weight excluding hydrogens is 586 g/mol. The zero-order chi connectivity index (χ0) is 32.5. The molecule has 1 amide bonds. The lowest BCUT2D eigenvalue weighted by Crippen LogP contribution is -2.19. The molecular formula is C36H35N3O7. The standard InChI is InChI=1S/C36H35N3O7/c1-5-43-27-19-17-25(21-31(27)45-7-3)36(41)46-28-18-16-23(20-30(28)44-6-2)22-37-39-35(40)34-32(24-12-9-8-10-13-24)26-14-11-15-29(42-4)33(26)38-34/h8-22,38H,5-7H2,1-4H3,(H,39,40). The summed E-state index contributed by atoms with van der Waals surface area (Å²) >= 11 is 0. The molecule has 236 valence electrons. The Kier molecular flexibility index (Phi) is 10.2. The molecule has 0 saturated carbocycles. The van der Waals surface area contributed by atoms with Gasteiger partial charge in [0.25, 0.3) is 5.91 Å². The highest BCUT2D eigenvalue weighted by atomic mass is 16.6. The number of para-hydroxylation sites is 1. The topological polar surface area (TPSA) is 120 Å². The smallest absolute Gasteiger partial charge is 0.343 e. The lowest BCUT2D eigenvalue weighted by Gasteiger charge is -2.13. The van der Waals surface area contributed by atoms with Crippen molar-refractivity contribution in [3.05, 3.63) is 102 Å². The molecule has 1 heterocycles. The van der Waals surface area contributed by atoms with Crippen LogP contribution in [-0.4, -0.2) is 50.0 Å². The summed E-state index contributed by atoms with van der Waals surface area (Å²) in [6, 6.07) is 25.2. The third-order valence-corrected chi connectivity index (χ3v) is 6.93. The Morgan fingerprint density at radius 2 is 1.46 bits per heavy atom. The number of aromatic amines is 1. The fraction of sp³-hybridized carbons (Fsp3) is 0.194. The zero-order valence-corrected chi connectivity index (χ0v) is 26.1. The molecule has 0 atom stereocenters. The van der Waals surface area contributed by atoms with Crippen molar-refractivity contribution in [1.29, 1.82) is 0 Å². The van der Waals surface area contributed by atoms with Crippen molar-refractivity contribution in [2.45, 2.75) is 20.8 Å². The number of benzene rings is 4. The number of methoxy groups -OCH3 is 1. The van der Waals surface area contributed by atoms with Crippen LogP contribution in [0.3, 0.4) is 0 Å². The fourth-order valence-corrected chi connectivity index (χ4v) is 4.95. The molecule has 0 aliphatic heterocycles. The van der Waals surface area contributed by atoms with Crippen molar-refractivity contribution in [3.8, 4) is 39.9 Å². The largest absolute Gasteiger partial charge is 0.495 e. The molecule has 0 saturated heterocycles. The molecule has 10 nitrogen and oxygen atoms in total. The first-order chi connectivity index (χ1) is 22.5. The van der Waals surface area contributed by atoms with Crippen molar-refractivity contribution in [3.63, 3.8) is 0 Å². The summed E-state index contributed by atoms with van der Waals surface area (Å²) < 4.78 is 28.2. The maximum absolute atomic E-state index is 13.4. The number of nitrogens with one attached hydrogen (secondary N) is 2. The van der Waals surface area contributed by atoms with Crippen molar-refractivity contribution >= 4 is 29.0 Å². The monoisotopic (exact) mass is 621 g/mol. The number of rotatable bonds is 13. The molecule has 4 aromatic carbocycles. The number of carbonyl (C=O) groups excluding carboxylic acids is 2. The highest BCUT2D eigenvalue weighted by Crippen LogP contribution is 2.36. The van der Waals surface area contributed by atoms with E-state index in [1.807, 2.05) is 69.3 Å². The molecule has 0 radical (unpaired) electrons. The Bertz CT molecular complexity index is 1870. The Hall–Kier alpha value is -5.77. The minimum absolute atomic E-state index is 0.236. The number of H-pyrrole nitrogens is 1. The van der Waals surface area contributed by atoms with E-state index in [1.54, 1.807) is 43.5 Å². The molecule has 10 heteroatoms. The molecule has 0 aliphatic carbocycles. The number of hydrazone groups is 1. The van der Waals surface area contributed by atoms with Crippen molar-refractivity contribution in [2.75, 3.05) is 26.9 Å². The predicted molar refractivity (Wildman–Crippen MR) is 177 cm³/mol. The predicted octanol–water partition coefficient (Wildman–Crippen LogP) is 7.02. The lowest BCUT2D eigenvalue weighted by molar-refractivity contribution is 0.0727. The zero-order valence-electron chi connectivity index (χ0n) is 26.1. The maximum atomic E-state index is 13.4. The minimum atomic E-state index is -0.581. The fourth-order valence-electron chi connectivity index (χ4n) is 4.95. The number of nitrogens with zero attached hydrogens (tertiary/aromatic N) is 1. The first-order valence-corrected chi connectivity index (χ1v) is 14.9. The van der Waals surface area contributed by atoms with Crippen LogP contribution in [0.5, 0.6) is 28.7 Å². The quantitative estimate of drug-likeness (QED) is 0.0627. The average molecular weight is 622 g/mol. The average Bonchev–Trinajstić information content (AvgIpc) is 3.47. The Balaban J connectivity index is 1.35. The van der Waals surface area contributed by atoms with Gasteiger partial charge in [-0.15, -0.1) is 0 Å². The van der Waals surface area contributed by atoms with Gasteiger partial charge in [-0.1, -0.05) is 42.5 Å². The van der Waals surface area contributed by atoms with E-state index in [2.05, 4.69) is 15.5 Å². The minimum Gasteiger partial charge on any atom is -0.495 e. The second kappa shape index (κ2) is 14.8. The van der Waals surface area contributed by atoms with Crippen LogP contribution in [-0.2, 0) is 0 Å². The second-order valence-corrected chi connectivity index (χ2v) is 9.88. The SMILES string of the molecule is CCOc1ccc(C(=O)Oc2ccc(C=NNC(=O)c3[nH]c4c(OC)cccc4c3-c3ccccc3)cc2OCC)cc1OCC. The van der Waals surface area contributed by atoms with E-state index in [0.717, 1.165) is 16.5 Å². The molecule has 0 bridgehead atoms. The summed E-state index contributed by atoms with van der Waals surface area (Å²) in [6.07, 6.45) is 1.48. The highest BCUT2D eigenvalue weighted by molar-refractivity contribution is 6.11. The van der Waals surface area contributed by atoms with Gasteiger partial charge in [0.2, 0.25) is 0 Å². The maximum Gasteiger partial charge on any atom is 0.343 e. The van der Waals surface area contributed by atoms with Gasteiger partial charge in [0.1, 0.15) is 11.4 Å². The number of esters is 1. The van der Waals surface area contributed by atoms with E-state index in [4.69, 9.17) is 23.7 Å². The van der Waals surface area contributed by atoms with Crippen LogP contribution < -0.4 is 29.1 Å². The molecule has 0 unspecified atom stereocenters. The number of ether oxygens (including phenoxy) is 5. The Morgan fingerprint density at radius 1 is 0.761 bits per heavy atom. The number of fused-ring (bicyclic) bond motifs is 1. The molecule has 5 aromatic rings. The van der Waals surface area contributed by atoms with Crippen molar-refractivity contribution in [1.82, 2.24) is 10.4 Å². The van der Waals surface area contributed by atoms with Crippen LogP contribution in [0.4, 0.5) is 0 Å². The van der Waals surface area contributed by atoms with E-state index >= 15 is 0 Å². The van der Waals surface area contributed by atoms with Crippen LogP contribution in [0.15, 0.2) is 90.0 Å². The van der Waals surface area contributed by atoms with E-state index in [0.29, 0.717) is 65.2 Å². The van der Waals surface area contributed by atoms with Crippen LogP contribution in [0.25, 0.3) is 22.0 Å². The van der Waals surface area contributed by atoms with Gasteiger partial charge in [0.05, 0.1) is 44.2 Å². The van der Waals surface area contributed by atoms with E-state index in [1.165, 1.54) is 6.21 Å². The molecule has 0 aliphatic rings. The highest BCUT2D eigenvalue weighted by Gasteiger charge is 2.21. The number of amides is 1. The molecule has 2 N–H and O–H groups in total. The summed E-state index contributed by atoms with van der Waals surface area (Å²) in [5.41, 5.74) is 6.21. The second-order valence-electron chi connectivity index (χ2n) is 9.88. The van der Waals surface area contributed by atoms with E-state index < -0.39 is 11.9 Å². The number of hydrogen-bond acceptors (Lipinski definition) is 8. The molecule has 5 rings (SSSR count). The molecule has 0 spiro atoms. The first-order valence-electron chi connectivity index (χ1n) is 14.9. The van der Waals surface area contributed by atoms with Gasteiger partial charge in [-0.3, -0.25) is 4.79 Å². The van der Waals surface area contributed by atoms with Crippen molar-refractivity contribution in [2.24, 2.45) is 5.10 Å². The number of hydrogen-bond donors (Lipinski definition) is 2. The van der Waals surface area contributed by atoms with Crippen LogP contribution in [0.2, 0.25) is 0 Å². The lowest BCUT2D eigenvalue weighted by atomic mass is 10.0. The summed E-state index contributed by atoms with van der Waals surface area (Å²) in [6.45, 7) is 6.78. The van der Waals surface area contributed by atoms with Crippen molar-refractivity contribution < 1.29 is 33.3 Å². The number of aromatic nitrogens is 1. The van der Waals surface area contributed by atoms with Gasteiger partial charge in [-0.2, -0.15) is 5.10 Å². The van der Waals surface area contributed by atoms with Gasteiger partial charge < -0.3 is 28.7 Å². The molecule has 0 fully saturated rings. The summed E-state index contributed by atoms with van der Waals surface area (Å²) in [5, 5.41) is 5.04. The van der Waals surface area contributed by atoms with Gasteiger partial charge in [-0.05, 0) is 74.4 Å². The van der Waals surface area contributed by atoms with Crippen LogP contribution in [0, 0.1) is 0 Å². The summed E-state index contributed by atoms with van der Waals surface area (Å²) in [4.78, 5) is 29.7. The third-order valence-electron chi connectivity index (χ3n) is 6.93. The Labute approximate surface area is 266 Å². The Morgan fingerprint density at radius 3 is 2.17 bits per heavy atom. The van der Waals surface area contributed by atoms with Gasteiger partial charge in [0, 0.05) is 10.9 Å². The van der Waals surface area contributed by atoms with E-state index in [-0.39, 0.29) is 5.75 Å². The molecule has 46 heavy (non-hydrogen) atoms. The van der Waals surface area contributed by atoms with Gasteiger partial charge >= 0.3 is 5.97 Å². The summed E-state index contributed by atoms with van der Waals surface area (Å²) in [7, 11) is 1.59. The third kappa shape index (κ3) is 6.96. The van der Waals surface area contributed by atoms with Crippen LogP contribution >= 0.6 is 0 Å².